The predicted octanol–water partition coefficient (Wildman–Crippen LogP) is 5.76. The van der Waals surface area contributed by atoms with Crippen molar-refractivity contribution in [1.82, 2.24) is 0 Å². The minimum atomic E-state index is -1.04. The van der Waals surface area contributed by atoms with Gasteiger partial charge in [0, 0.05) is 37.0 Å². The summed E-state index contributed by atoms with van der Waals surface area (Å²) in [6, 6.07) is 6.89. The Balaban J connectivity index is 2.91. The quantitative estimate of drug-likeness (QED) is 0.660. The van der Waals surface area contributed by atoms with Crippen molar-refractivity contribution in [2.24, 2.45) is 0 Å². The Labute approximate surface area is 142 Å². The number of benzene rings is 1. The summed E-state index contributed by atoms with van der Waals surface area (Å²) in [5.74, 6) is -0.439. The second-order valence-corrected chi connectivity index (χ2v) is 8.41. The number of hydrogen-bond donors (Lipinski definition) is 1. The molecule has 0 amide bonds. The Morgan fingerprint density at radius 1 is 1.48 bits per heavy atom. The Morgan fingerprint density at radius 2 is 2.14 bits per heavy atom. The summed E-state index contributed by atoms with van der Waals surface area (Å²) < 4.78 is 0.617. The Kier molecular flexibility index (Phi) is 4.95. The molecule has 0 radical (unpaired) electrons. The molecule has 1 N–H and O–H groups in total. The Morgan fingerprint density at radius 3 is 2.62 bits per heavy atom. The molecule has 2 rings (SSSR count). The zero-order valence-corrected chi connectivity index (χ0v) is 14.7. The highest BCUT2D eigenvalue weighted by molar-refractivity contribution is 9.11. The molecule has 1 atom stereocenters. The van der Waals surface area contributed by atoms with E-state index in [4.69, 9.17) is 23.2 Å². The van der Waals surface area contributed by atoms with Gasteiger partial charge in [0.25, 0.3) is 4.88 Å². The van der Waals surface area contributed by atoms with E-state index >= 15 is 0 Å². The van der Waals surface area contributed by atoms with Crippen molar-refractivity contribution in [3.05, 3.63) is 42.5 Å². The predicted molar refractivity (Wildman–Crippen MR) is 89.4 cm³/mol. The average Bonchev–Trinajstić information content (AvgIpc) is 2.70. The van der Waals surface area contributed by atoms with Crippen molar-refractivity contribution >= 4 is 55.6 Å². The maximum atomic E-state index is 11.7. The maximum Gasteiger partial charge on any atom is 0.389 e. The third kappa shape index (κ3) is 2.82. The van der Waals surface area contributed by atoms with Gasteiger partial charge in [0.05, 0.1) is 10.6 Å². The van der Waals surface area contributed by atoms with E-state index in [1.165, 1.54) is 6.07 Å². The molecule has 0 saturated carbocycles. The van der Waals surface area contributed by atoms with Gasteiger partial charge in [-0.15, -0.1) is 0 Å². The number of thiophene rings is 1. The van der Waals surface area contributed by atoms with Crippen molar-refractivity contribution in [1.29, 1.82) is 5.26 Å². The van der Waals surface area contributed by atoms with E-state index in [9.17, 15) is 15.2 Å². The smallest absolute Gasteiger partial charge is 0.389 e. The lowest BCUT2D eigenvalue weighted by Crippen LogP contribution is -1.98. The molecule has 0 aliphatic heterocycles. The minimum Gasteiger partial charge on any atom is -0.474 e. The van der Waals surface area contributed by atoms with Crippen LogP contribution in [0.1, 0.15) is 22.2 Å². The summed E-state index contributed by atoms with van der Waals surface area (Å²) in [4.78, 5) is 11.9. The lowest BCUT2D eigenvalue weighted by atomic mass is 10.0. The molecule has 0 saturated heterocycles. The van der Waals surface area contributed by atoms with Crippen LogP contribution in [-0.2, 0) is 5.75 Å². The van der Waals surface area contributed by atoms with Gasteiger partial charge in [-0.25, -0.2) is 4.79 Å². The van der Waals surface area contributed by atoms with E-state index in [-0.39, 0.29) is 4.88 Å². The number of aromatic carboxylic acids is 1. The summed E-state index contributed by atoms with van der Waals surface area (Å²) in [6.45, 7) is 1.88. The monoisotopic (exact) mass is 404 g/mol. The van der Waals surface area contributed by atoms with Crippen LogP contribution in [0, 0.1) is 11.3 Å². The molecule has 1 heterocycles. The van der Waals surface area contributed by atoms with Crippen LogP contribution in [0.3, 0.4) is 0 Å². The number of carboxylic acid groups (broad SMARTS) is 1. The van der Waals surface area contributed by atoms with Crippen LogP contribution in [0.4, 0.5) is 0 Å². The summed E-state index contributed by atoms with van der Waals surface area (Å²) in [5, 5.41) is 19.7. The molecule has 0 aliphatic carbocycles. The van der Waals surface area contributed by atoms with Crippen molar-refractivity contribution < 1.29 is 9.90 Å². The van der Waals surface area contributed by atoms with Crippen LogP contribution in [0.25, 0.3) is 11.1 Å². The number of rotatable bonds is 3. The van der Waals surface area contributed by atoms with E-state index in [0.29, 0.717) is 36.3 Å². The number of nitriles is 1. The average molecular weight is 406 g/mol. The molecular formula is C14H9BrCl2NO2S+. The van der Waals surface area contributed by atoms with Crippen molar-refractivity contribution in [3.8, 4) is 17.2 Å². The standard InChI is InChI=1S/C14H8BrCl2NO2S/c1-2-21-12(14(19)20)11(9(6-18)13(21)15)8-4-3-7(16)5-10(8)17/h3-5H,2H2,1H3/p+1. The Bertz CT molecular complexity index is 780. The number of carboxylic acids is 1. The third-order valence-corrected chi connectivity index (χ3v) is 7.13. The highest BCUT2D eigenvalue weighted by Crippen LogP contribution is 2.48. The third-order valence-electron chi connectivity index (χ3n) is 2.93. The summed E-state index contributed by atoms with van der Waals surface area (Å²) >= 11 is 15.4. The number of halogens is 3. The minimum absolute atomic E-state index is 0.213. The summed E-state index contributed by atoms with van der Waals surface area (Å²) in [6.07, 6.45) is 0. The van der Waals surface area contributed by atoms with Gasteiger partial charge in [-0.3, -0.25) is 0 Å². The fourth-order valence-corrected chi connectivity index (χ4v) is 5.83. The zero-order valence-electron chi connectivity index (χ0n) is 10.8. The van der Waals surface area contributed by atoms with Crippen molar-refractivity contribution in [3.63, 3.8) is 0 Å². The lowest BCUT2D eigenvalue weighted by molar-refractivity contribution is 0.0702. The van der Waals surface area contributed by atoms with Gasteiger partial charge < -0.3 is 5.11 Å². The number of carbonyl (C=O) groups is 1. The largest absolute Gasteiger partial charge is 0.474 e. The molecule has 1 unspecified atom stereocenters. The van der Waals surface area contributed by atoms with Gasteiger partial charge in [-0.2, -0.15) is 5.26 Å². The molecule has 21 heavy (non-hydrogen) atoms. The summed E-state index contributed by atoms with van der Waals surface area (Å²) in [5.41, 5.74) is 1.21. The van der Waals surface area contributed by atoms with Gasteiger partial charge >= 0.3 is 5.97 Å². The molecule has 0 bridgehead atoms. The van der Waals surface area contributed by atoms with E-state index < -0.39 is 16.4 Å². The van der Waals surface area contributed by atoms with Crippen LogP contribution in [0.5, 0.6) is 0 Å². The first-order chi connectivity index (χ1) is 9.92. The second-order valence-electron chi connectivity index (χ2n) is 4.07. The van der Waals surface area contributed by atoms with Gasteiger partial charge in [0.15, 0.2) is 0 Å². The van der Waals surface area contributed by atoms with Crippen LogP contribution in [0.15, 0.2) is 22.0 Å². The molecule has 3 nitrogen and oxygen atoms in total. The summed E-state index contributed by atoms with van der Waals surface area (Å²) in [7, 11) is -0.659. The van der Waals surface area contributed by atoms with Crippen molar-refractivity contribution in [2.45, 2.75) is 12.7 Å². The molecular weight excluding hydrogens is 397 g/mol. The van der Waals surface area contributed by atoms with Crippen molar-refractivity contribution in [2.75, 3.05) is 0 Å². The van der Waals surface area contributed by atoms with Crippen LogP contribution < -0.4 is 0 Å². The highest BCUT2D eigenvalue weighted by Gasteiger charge is 2.36. The number of nitrogens with zero attached hydrogens (tertiary/aromatic N) is 1. The van der Waals surface area contributed by atoms with Gasteiger partial charge in [-0.1, -0.05) is 29.3 Å². The number of hydrogen-bond acceptors (Lipinski definition) is 2. The fraction of sp³-hybridized carbons (Fsp3) is 0.143. The Hall–Kier alpha value is -1.06. The lowest BCUT2D eigenvalue weighted by Gasteiger charge is -2.03. The molecule has 2 aromatic rings. The molecule has 0 spiro atoms. The topological polar surface area (TPSA) is 61.1 Å². The van der Waals surface area contributed by atoms with Gasteiger partial charge in [0.2, 0.25) is 3.79 Å². The van der Waals surface area contributed by atoms with Crippen LogP contribution in [-0.4, -0.2) is 11.1 Å². The maximum absolute atomic E-state index is 11.7. The van der Waals surface area contributed by atoms with Gasteiger partial charge in [-0.05, 0) is 19.1 Å². The van der Waals surface area contributed by atoms with Gasteiger partial charge in [0.1, 0.15) is 17.4 Å². The fourth-order valence-electron chi connectivity index (χ4n) is 2.08. The molecule has 7 heteroatoms. The second kappa shape index (κ2) is 6.37. The van der Waals surface area contributed by atoms with E-state index in [2.05, 4.69) is 22.0 Å². The highest BCUT2D eigenvalue weighted by atomic mass is 79.9. The normalized spacial score (nSPS) is 11.3. The SMILES string of the molecule is CC[s+]1c(Br)c(C#N)c(-c2ccc(Cl)cc2Cl)c1C(=O)O. The van der Waals surface area contributed by atoms with E-state index in [1.54, 1.807) is 12.1 Å². The molecule has 1 aromatic heterocycles. The molecule has 1 aromatic carbocycles. The molecule has 108 valence electrons. The van der Waals surface area contributed by atoms with E-state index in [0.717, 1.165) is 0 Å². The first kappa shape index (κ1) is 16.3. The molecule has 0 aliphatic rings. The van der Waals surface area contributed by atoms with Crippen LogP contribution in [0.2, 0.25) is 10.0 Å². The zero-order chi connectivity index (χ0) is 15.7. The first-order valence-corrected chi connectivity index (χ1v) is 8.80. The van der Waals surface area contributed by atoms with E-state index in [1.807, 2.05) is 6.92 Å². The first-order valence-electron chi connectivity index (χ1n) is 5.86. The van der Waals surface area contributed by atoms with Crippen LogP contribution >= 0.6 is 49.6 Å². The molecule has 0 fully saturated rings.